The van der Waals surface area contributed by atoms with Crippen LogP contribution >= 0.6 is 11.8 Å². The molecule has 0 fully saturated rings. The molecule has 1 atom stereocenters. The highest BCUT2D eigenvalue weighted by Crippen LogP contribution is 2.22. The Balaban J connectivity index is 2.79. The van der Waals surface area contributed by atoms with E-state index < -0.39 is 0 Å². The van der Waals surface area contributed by atoms with E-state index in [4.69, 9.17) is 0 Å². The Labute approximate surface area is 122 Å². The van der Waals surface area contributed by atoms with Crippen LogP contribution in [0.25, 0.3) is 0 Å². The summed E-state index contributed by atoms with van der Waals surface area (Å²) in [6.07, 6.45) is 8.37. The summed E-state index contributed by atoms with van der Waals surface area (Å²) in [7, 11) is 2.19. The highest BCUT2D eigenvalue weighted by molar-refractivity contribution is 7.98. The molecule has 0 amide bonds. The Morgan fingerprint density at radius 2 is 2.21 bits per heavy atom. The fourth-order valence-corrected chi connectivity index (χ4v) is 3.02. The molecule has 19 heavy (non-hydrogen) atoms. The van der Waals surface area contributed by atoms with E-state index in [1.807, 2.05) is 24.2 Å². The minimum absolute atomic E-state index is 0.573. The summed E-state index contributed by atoms with van der Waals surface area (Å²) >= 11 is 1.91. The maximum Gasteiger partial charge on any atom is 0.0598 e. The maximum atomic E-state index is 4.30. The van der Waals surface area contributed by atoms with Gasteiger partial charge in [-0.1, -0.05) is 13.8 Å². The van der Waals surface area contributed by atoms with Crippen molar-refractivity contribution in [3.63, 3.8) is 0 Å². The van der Waals surface area contributed by atoms with Crippen LogP contribution in [-0.2, 0) is 6.54 Å². The van der Waals surface area contributed by atoms with Crippen molar-refractivity contribution in [2.45, 2.75) is 39.3 Å². The Kier molecular flexibility index (Phi) is 7.91. The van der Waals surface area contributed by atoms with E-state index in [1.165, 1.54) is 17.7 Å². The average Bonchev–Trinajstić information content (AvgIpc) is 2.45. The number of rotatable bonds is 9. The predicted octanol–water partition coefficient (Wildman–Crippen LogP) is 3.16. The molecule has 1 aromatic rings. The highest BCUT2D eigenvalue weighted by atomic mass is 32.2. The molecule has 3 nitrogen and oxygen atoms in total. The van der Waals surface area contributed by atoms with Gasteiger partial charge in [-0.15, -0.1) is 0 Å². The lowest BCUT2D eigenvalue weighted by molar-refractivity contribution is 0.651. The normalized spacial score (nSPS) is 12.4. The molecule has 0 saturated heterocycles. The van der Waals surface area contributed by atoms with Gasteiger partial charge >= 0.3 is 0 Å². The predicted molar refractivity (Wildman–Crippen MR) is 87.1 cm³/mol. The van der Waals surface area contributed by atoms with Crippen LogP contribution in [0.4, 0.5) is 5.69 Å². The summed E-state index contributed by atoms with van der Waals surface area (Å²) in [6, 6.07) is 2.70. The summed E-state index contributed by atoms with van der Waals surface area (Å²) in [5, 5.41) is 3.48. The average molecular weight is 281 g/mol. The van der Waals surface area contributed by atoms with E-state index in [2.05, 4.69) is 48.4 Å². The smallest absolute Gasteiger partial charge is 0.0598 e. The molecule has 0 radical (unpaired) electrons. The largest absolute Gasteiger partial charge is 0.369 e. The molecule has 4 heteroatoms. The summed E-state index contributed by atoms with van der Waals surface area (Å²) < 4.78 is 0. The molecule has 1 unspecified atom stereocenters. The Morgan fingerprint density at radius 1 is 1.42 bits per heavy atom. The van der Waals surface area contributed by atoms with Gasteiger partial charge in [0.1, 0.15) is 0 Å². The standard InChI is InChI=1S/C15H27N3S/c1-5-8-16-10-13-7-9-17-11-15(13)18(3)14(6-2)12-19-4/h7,9,11,14,16H,5-6,8,10,12H2,1-4H3. The van der Waals surface area contributed by atoms with Crippen molar-refractivity contribution in [2.75, 3.05) is 30.5 Å². The zero-order valence-corrected chi connectivity index (χ0v) is 13.5. The van der Waals surface area contributed by atoms with Gasteiger partial charge in [-0.25, -0.2) is 0 Å². The number of nitrogens with one attached hydrogen (secondary N) is 1. The number of aromatic nitrogens is 1. The minimum atomic E-state index is 0.573. The van der Waals surface area contributed by atoms with Crippen molar-refractivity contribution in [3.8, 4) is 0 Å². The molecular weight excluding hydrogens is 254 g/mol. The monoisotopic (exact) mass is 281 g/mol. The Bertz CT molecular complexity index is 357. The zero-order valence-electron chi connectivity index (χ0n) is 12.6. The van der Waals surface area contributed by atoms with E-state index in [-0.39, 0.29) is 0 Å². The summed E-state index contributed by atoms with van der Waals surface area (Å²) in [5.41, 5.74) is 2.59. The van der Waals surface area contributed by atoms with Crippen LogP contribution in [-0.4, -0.2) is 36.6 Å². The molecule has 1 rings (SSSR count). The topological polar surface area (TPSA) is 28.2 Å². The van der Waals surface area contributed by atoms with Gasteiger partial charge in [0.2, 0.25) is 0 Å². The number of anilines is 1. The van der Waals surface area contributed by atoms with Gasteiger partial charge < -0.3 is 10.2 Å². The highest BCUT2D eigenvalue weighted by Gasteiger charge is 2.15. The lowest BCUT2D eigenvalue weighted by atomic mass is 10.1. The van der Waals surface area contributed by atoms with Crippen molar-refractivity contribution >= 4 is 17.4 Å². The van der Waals surface area contributed by atoms with Crippen molar-refractivity contribution in [3.05, 3.63) is 24.0 Å². The number of pyridine rings is 1. The number of hydrogen-bond donors (Lipinski definition) is 1. The summed E-state index contributed by atoms with van der Waals surface area (Å²) in [5.74, 6) is 1.16. The van der Waals surface area contributed by atoms with Gasteiger partial charge in [-0.3, -0.25) is 4.98 Å². The first-order valence-electron chi connectivity index (χ1n) is 7.09. The van der Waals surface area contributed by atoms with Crippen molar-refractivity contribution < 1.29 is 0 Å². The fraction of sp³-hybridized carbons (Fsp3) is 0.667. The first kappa shape index (κ1) is 16.3. The molecule has 0 spiro atoms. The Morgan fingerprint density at radius 3 is 2.84 bits per heavy atom. The number of nitrogens with zero attached hydrogens (tertiary/aromatic N) is 2. The molecule has 108 valence electrons. The second-order valence-corrected chi connectivity index (χ2v) is 5.72. The minimum Gasteiger partial charge on any atom is -0.369 e. The molecule has 0 aromatic carbocycles. The van der Waals surface area contributed by atoms with Gasteiger partial charge in [0.25, 0.3) is 0 Å². The third-order valence-electron chi connectivity index (χ3n) is 3.39. The van der Waals surface area contributed by atoms with Crippen LogP contribution in [0.1, 0.15) is 32.3 Å². The van der Waals surface area contributed by atoms with Gasteiger partial charge in [0.05, 0.1) is 11.9 Å². The molecule has 0 bridgehead atoms. The van der Waals surface area contributed by atoms with E-state index >= 15 is 0 Å². The molecule has 0 aliphatic rings. The third kappa shape index (κ3) is 5.03. The van der Waals surface area contributed by atoms with Crippen LogP contribution in [0, 0.1) is 0 Å². The van der Waals surface area contributed by atoms with E-state index in [9.17, 15) is 0 Å². The van der Waals surface area contributed by atoms with Crippen LogP contribution in [0.5, 0.6) is 0 Å². The molecule has 1 N–H and O–H groups in total. The first-order chi connectivity index (χ1) is 9.24. The molecule has 0 aliphatic carbocycles. The van der Waals surface area contributed by atoms with E-state index in [1.54, 1.807) is 0 Å². The molecule has 1 aromatic heterocycles. The summed E-state index contributed by atoms with van der Waals surface area (Å²) in [4.78, 5) is 6.68. The number of hydrogen-bond acceptors (Lipinski definition) is 4. The third-order valence-corrected chi connectivity index (χ3v) is 4.11. The molecular formula is C15H27N3S. The van der Waals surface area contributed by atoms with Crippen LogP contribution in [0.2, 0.25) is 0 Å². The first-order valence-corrected chi connectivity index (χ1v) is 8.49. The lowest BCUT2D eigenvalue weighted by Gasteiger charge is -2.30. The molecule has 0 saturated carbocycles. The van der Waals surface area contributed by atoms with Crippen molar-refractivity contribution in [2.24, 2.45) is 0 Å². The molecule has 0 aliphatic heterocycles. The quantitative estimate of drug-likeness (QED) is 0.704. The van der Waals surface area contributed by atoms with Gasteiger partial charge in [-0.2, -0.15) is 11.8 Å². The zero-order chi connectivity index (χ0) is 14.1. The van der Waals surface area contributed by atoms with Crippen molar-refractivity contribution in [1.29, 1.82) is 0 Å². The van der Waals surface area contributed by atoms with Gasteiger partial charge in [0.15, 0.2) is 0 Å². The van der Waals surface area contributed by atoms with E-state index in [0.717, 1.165) is 25.3 Å². The van der Waals surface area contributed by atoms with E-state index in [0.29, 0.717) is 6.04 Å². The second kappa shape index (κ2) is 9.21. The fourth-order valence-electron chi connectivity index (χ4n) is 2.17. The van der Waals surface area contributed by atoms with Crippen LogP contribution in [0.15, 0.2) is 18.5 Å². The van der Waals surface area contributed by atoms with Crippen LogP contribution in [0.3, 0.4) is 0 Å². The summed E-state index contributed by atoms with van der Waals surface area (Å²) in [6.45, 7) is 6.43. The Hall–Kier alpha value is -0.740. The SMILES string of the molecule is CCCNCc1ccncc1N(C)C(CC)CSC. The second-order valence-electron chi connectivity index (χ2n) is 4.81. The molecule has 1 heterocycles. The van der Waals surface area contributed by atoms with Crippen LogP contribution < -0.4 is 10.2 Å². The van der Waals surface area contributed by atoms with Crippen molar-refractivity contribution in [1.82, 2.24) is 10.3 Å². The maximum absolute atomic E-state index is 4.30. The number of thioether (sulfide) groups is 1. The lowest BCUT2D eigenvalue weighted by Crippen LogP contribution is -2.34. The van der Waals surface area contributed by atoms with Gasteiger partial charge in [-0.05, 0) is 37.3 Å². The van der Waals surface area contributed by atoms with Gasteiger partial charge in [0, 0.05) is 31.6 Å².